The average Bonchev–Trinajstić information content (AvgIpc) is 2.32. The predicted octanol–water partition coefficient (Wildman–Crippen LogP) is 3.51. The minimum Gasteiger partial charge on any atom is -0.488 e. The molecule has 0 saturated carbocycles. The van der Waals surface area contributed by atoms with Gasteiger partial charge in [0.05, 0.1) is 0 Å². The van der Waals surface area contributed by atoms with E-state index in [4.69, 9.17) is 4.74 Å². The van der Waals surface area contributed by atoms with Crippen LogP contribution in [0.4, 0.5) is 4.39 Å². The molecule has 16 heavy (non-hydrogen) atoms. The van der Waals surface area contributed by atoms with Gasteiger partial charge in [-0.2, -0.15) is 0 Å². The molecule has 0 heterocycles. The predicted molar refractivity (Wildman–Crippen MR) is 60.7 cm³/mol. The molecular weight excluding hydrogens is 203 g/mol. The van der Waals surface area contributed by atoms with Crippen molar-refractivity contribution in [1.82, 2.24) is 0 Å². The Morgan fingerprint density at radius 2 is 2.06 bits per heavy atom. The van der Waals surface area contributed by atoms with Gasteiger partial charge in [0.25, 0.3) is 0 Å². The third kappa shape index (κ3) is 2.40. The average molecular weight is 215 g/mol. The molecule has 0 spiro atoms. The monoisotopic (exact) mass is 215 g/mol. The fourth-order valence-corrected chi connectivity index (χ4v) is 1.43. The second-order valence-electron chi connectivity index (χ2n) is 3.54. The first-order valence-corrected chi connectivity index (χ1v) is 5.11. The smallest absolute Gasteiger partial charge is 0.127 e. The summed E-state index contributed by atoms with van der Waals surface area (Å²) < 4.78 is 18.7. The van der Waals surface area contributed by atoms with Gasteiger partial charge in [0.15, 0.2) is 0 Å². The molecule has 0 aliphatic heterocycles. The maximum Gasteiger partial charge on any atom is 0.127 e. The number of para-hydroxylation sites is 1. The van der Waals surface area contributed by atoms with Gasteiger partial charge in [-0.25, -0.2) is 4.39 Å². The molecule has 0 aliphatic rings. The van der Waals surface area contributed by atoms with E-state index in [1.807, 2.05) is 24.3 Å². The number of halogens is 1. The first-order chi connectivity index (χ1) is 7.77. The lowest BCUT2D eigenvalue weighted by Crippen LogP contribution is -1.99. The number of ether oxygens (including phenoxy) is 1. The van der Waals surface area contributed by atoms with Crippen molar-refractivity contribution in [2.75, 3.05) is 0 Å². The van der Waals surface area contributed by atoms with Crippen molar-refractivity contribution in [1.29, 1.82) is 0 Å². The maximum absolute atomic E-state index is 13.2. The molecule has 1 radical (unpaired) electrons. The first-order valence-electron chi connectivity index (χ1n) is 5.11. The number of hydrogen-bond acceptors (Lipinski definition) is 1. The van der Waals surface area contributed by atoms with E-state index < -0.39 is 0 Å². The lowest BCUT2D eigenvalue weighted by atomic mass is 10.1. The summed E-state index contributed by atoms with van der Waals surface area (Å²) in [5.74, 6) is 0.476. The summed E-state index contributed by atoms with van der Waals surface area (Å²) in [6.07, 6.45) is 0. The van der Waals surface area contributed by atoms with Crippen LogP contribution in [0.25, 0.3) is 0 Å². The molecule has 0 amide bonds. The molecule has 2 rings (SSSR count). The molecule has 0 aromatic heterocycles. The minimum atomic E-state index is -0.196. The van der Waals surface area contributed by atoms with E-state index in [2.05, 4.69) is 6.07 Å². The van der Waals surface area contributed by atoms with Gasteiger partial charge in [-0.3, -0.25) is 0 Å². The Labute approximate surface area is 94.5 Å². The zero-order valence-electron chi connectivity index (χ0n) is 9.03. The Kier molecular flexibility index (Phi) is 3.20. The van der Waals surface area contributed by atoms with Gasteiger partial charge in [-0.15, -0.1) is 0 Å². The van der Waals surface area contributed by atoms with Crippen LogP contribution in [-0.4, -0.2) is 0 Å². The summed E-state index contributed by atoms with van der Waals surface area (Å²) in [6.45, 7) is 2.12. The SMILES string of the molecule is Cc1c(F)cccc1COc1[c]cccc1. The van der Waals surface area contributed by atoms with Crippen molar-refractivity contribution in [2.24, 2.45) is 0 Å². The highest BCUT2D eigenvalue weighted by Gasteiger charge is 2.03. The molecule has 0 atom stereocenters. The van der Waals surface area contributed by atoms with Crippen LogP contribution < -0.4 is 4.74 Å². The molecule has 0 unspecified atom stereocenters. The highest BCUT2D eigenvalue weighted by atomic mass is 19.1. The number of rotatable bonds is 3. The van der Waals surface area contributed by atoms with Crippen molar-refractivity contribution >= 4 is 0 Å². The summed E-state index contributed by atoms with van der Waals surface area (Å²) in [5, 5.41) is 0. The van der Waals surface area contributed by atoms with Gasteiger partial charge in [-0.05, 0) is 30.2 Å². The standard InChI is InChI=1S/C14H12FO/c1-11-12(6-5-9-14(11)15)10-16-13-7-3-2-4-8-13/h2-7,9H,10H2,1H3. The van der Waals surface area contributed by atoms with Gasteiger partial charge in [0.1, 0.15) is 18.2 Å². The van der Waals surface area contributed by atoms with E-state index in [1.165, 1.54) is 6.07 Å². The summed E-state index contributed by atoms with van der Waals surface area (Å²) in [7, 11) is 0. The van der Waals surface area contributed by atoms with Gasteiger partial charge < -0.3 is 4.74 Å². The van der Waals surface area contributed by atoms with Gasteiger partial charge in [0, 0.05) is 6.07 Å². The van der Waals surface area contributed by atoms with Crippen LogP contribution in [0.15, 0.2) is 42.5 Å². The molecule has 0 N–H and O–H groups in total. The lowest BCUT2D eigenvalue weighted by molar-refractivity contribution is 0.304. The first kappa shape index (κ1) is 10.7. The second-order valence-corrected chi connectivity index (χ2v) is 3.54. The molecule has 0 fully saturated rings. The normalized spacial score (nSPS) is 10.1. The Hall–Kier alpha value is -1.83. The van der Waals surface area contributed by atoms with E-state index in [0.29, 0.717) is 17.9 Å². The minimum absolute atomic E-state index is 0.196. The van der Waals surface area contributed by atoms with E-state index in [0.717, 1.165) is 5.56 Å². The quantitative estimate of drug-likeness (QED) is 0.761. The third-order valence-electron chi connectivity index (χ3n) is 2.44. The Morgan fingerprint density at radius 3 is 2.81 bits per heavy atom. The third-order valence-corrected chi connectivity index (χ3v) is 2.44. The van der Waals surface area contributed by atoms with Crippen LogP contribution in [0.2, 0.25) is 0 Å². The second kappa shape index (κ2) is 4.79. The van der Waals surface area contributed by atoms with Crippen LogP contribution in [0.1, 0.15) is 11.1 Å². The molecule has 0 bridgehead atoms. The largest absolute Gasteiger partial charge is 0.488 e. The van der Waals surface area contributed by atoms with Crippen LogP contribution >= 0.6 is 0 Å². The topological polar surface area (TPSA) is 9.23 Å². The molecule has 2 aromatic carbocycles. The summed E-state index contributed by atoms with van der Waals surface area (Å²) in [5.41, 5.74) is 1.50. The summed E-state index contributed by atoms with van der Waals surface area (Å²) in [4.78, 5) is 0. The number of benzene rings is 2. The molecule has 2 heteroatoms. The Morgan fingerprint density at radius 1 is 1.19 bits per heavy atom. The Bertz CT molecular complexity index is 465. The van der Waals surface area contributed by atoms with E-state index in [9.17, 15) is 4.39 Å². The van der Waals surface area contributed by atoms with Crippen LogP contribution in [-0.2, 0) is 6.61 Å². The molecule has 81 valence electrons. The zero-order chi connectivity index (χ0) is 11.4. The van der Waals surface area contributed by atoms with E-state index in [-0.39, 0.29) is 5.82 Å². The Balaban J connectivity index is 2.08. The van der Waals surface area contributed by atoms with Crippen molar-refractivity contribution < 1.29 is 9.13 Å². The highest BCUT2D eigenvalue weighted by Crippen LogP contribution is 2.15. The summed E-state index contributed by atoms with van der Waals surface area (Å²) >= 11 is 0. The lowest BCUT2D eigenvalue weighted by Gasteiger charge is -2.08. The zero-order valence-corrected chi connectivity index (χ0v) is 9.03. The van der Waals surface area contributed by atoms with Crippen LogP contribution in [0, 0.1) is 18.8 Å². The summed E-state index contributed by atoms with van der Waals surface area (Å²) in [6, 6.07) is 15.3. The fourth-order valence-electron chi connectivity index (χ4n) is 1.43. The van der Waals surface area contributed by atoms with E-state index >= 15 is 0 Å². The van der Waals surface area contributed by atoms with Gasteiger partial charge in [0.2, 0.25) is 0 Å². The molecule has 0 saturated heterocycles. The van der Waals surface area contributed by atoms with E-state index in [1.54, 1.807) is 19.1 Å². The van der Waals surface area contributed by atoms with Crippen molar-refractivity contribution in [2.45, 2.75) is 13.5 Å². The van der Waals surface area contributed by atoms with Crippen molar-refractivity contribution in [3.8, 4) is 5.75 Å². The maximum atomic E-state index is 13.2. The molecule has 2 aromatic rings. The van der Waals surface area contributed by atoms with Crippen molar-refractivity contribution in [3.05, 3.63) is 65.5 Å². The van der Waals surface area contributed by atoms with Crippen LogP contribution in [0.5, 0.6) is 5.75 Å². The van der Waals surface area contributed by atoms with Crippen LogP contribution in [0.3, 0.4) is 0 Å². The molecule has 0 aliphatic carbocycles. The number of hydrogen-bond donors (Lipinski definition) is 0. The molecular formula is C14H12FO. The van der Waals surface area contributed by atoms with Gasteiger partial charge in [-0.1, -0.05) is 30.3 Å². The van der Waals surface area contributed by atoms with Crippen molar-refractivity contribution in [3.63, 3.8) is 0 Å². The highest BCUT2D eigenvalue weighted by molar-refractivity contribution is 5.27. The molecule has 1 nitrogen and oxygen atoms in total. The van der Waals surface area contributed by atoms with Gasteiger partial charge >= 0.3 is 0 Å². The fraction of sp³-hybridized carbons (Fsp3) is 0.143.